The first kappa shape index (κ1) is 105. The second kappa shape index (κ2) is 55.2. The van der Waals surface area contributed by atoms with Crippen LogP contribution in [0.5, 0.6) is 0 Å². The van der Waals surface area contributed by atoms with E-state index in [-0.39, 0.29) is 12.3 Å². The zero-order valence-electron chi connectivity index (χ0n) is 70.0. The number of hydrogen-bond donors (Lipinski definition) is 23. The van der Waals surface area contributed by atoms with E-state index in [4.69, 9.17) is 56.8 Å². The van der Waals surface area contributed by atoms with Crippen LogP contribution in [0.15, 0.2) is 12.2 Å². The number of rotatable bonds is 57. The number of amides is 3. The maximum atomic E-state index is 13.6. The molecule has 12 unspecified atom stereocenters. The fraction of sp³-hybridized carbons (Fsp3) is 0.926. The summed E-state index contributed by atoms with van der Waals surface area (Å²) in [6.07, 6.45) is -23.7. The van der Waals surface area contributed by atoms with Gasteiger partial charge in [-0.3, -0.25) is 14.4 Å². The number of aliphatic hydroxyl groups is 19. The molecule has 0 spiro atoms. The first-order valence-corrected chi connectivity index (χ1v) is 43.6. The number of carbonyl (C=O) groups excluding carboxylic acids is 3. The van der Waals surface area contributed by atoms with E-state index < -0.39 is 272 Å². The van der Waals surface area contributed by atoms with E-state index in [1.54, 1.807) is 6.08 Å². The van der Waals surface area contributed by atoms with Crippen LogP contribution in [0.25, 0.3) is 0 Å². The zero-order chi connectivity index (χ0) is 88.2. The molecule has 3 amide bonds. The summed E-state index contributed by atoms with van der Waals surface area (Å²) in [4.78, 5) is 52.0. The van der Waals surface area contributed by atoms with Crippen molar-refractivity contribution < 1.29 is 178 Å². The van der Waals surface area contributed by atoms with E-state index >= 15 is 0 Å². The maximum Gasteiger partial charge on any atom is 0.364 e. The Balaban J connectivity index is 1.16. The van der Waals surface area contributed by atoms with Crippen molar-refractivity contribution in [2.75, 3.05) is 46.2 Å². The maximum absolute atomic E-state index is 13.6. The summed E-state index contributed by atoms with van der Waals surface area (Å²) in [6.45, 7) is -0.507. The van der Waals surface area contributed by atoms with Gasteiger partial charge < -0.3 is 175 Å². The average Bonchev–Trinajstić information content (AvgIpc) is 0.755. The molecule has 23 N–H and O–H groups in total. The number of carboxylic acids is 1. The lowest BCUT2D eigenvalue weighted by Gasteiger charge is -2.51. The van der Waals surface area contributed by atoms with Crippen LogP contribution in [0.3, 0.4) is 0 Å². The number of carbonyl (C=O) groups is 4. The summed E-state index contributed by atoms with van der Waals surface area (Å²) in [5.41, 5.74) is 0. The van der Waals surface area contributed by atoms with Crippen LogP contribution in [0.1, 0.15) is 227 Å². The molecule has 0 saturated carbocycles. The molecule has 0 bridgehead atoms. The fourth-order valence-electron chi connectivity index (χ4n) is 16.1. The van der Waals surface area contributed by atoms with Gasteiger partial charge in [0.1, 0.15) is 140 Å². The number of carboxylic acid groups (broad SMARTS) is 1. The Bertz CT molecular complexity index is 2870. The van der Waals surface area contributed by atoms with Crippen molar-refractivity contribution in [3.8, 4) is 0 Å². The predicted molar refractivity (Wildman–Crippen MR) is 420 cm³/mol. The van der Waals surface area contributed by atoms with Gasteiger partial charge in [0.2, 0.25) is 17.7 Å². The molecule has 6 saturated heterocycles. The summed E-state index contributed by atoms with van der Waals surface area (Å²) in [5, 5.41) is 230. The van der Waals surface area contributed by atoms with Gasteiger partial charge in [0, 0.05) is 26.7 Å². The molecule has 6 heterocycles. The number of allylic oxidation sites excluding steroid dienone is 1. The highest BCUT2D eigenvalue weighted by atomic mass is 16.8. The third-order valence-electron chi connectivity index (χ3n) is 23.2. The minimum atomic E-state index is -3.22. The molecule has 700 valence electrons. The summed E-state index contributed by atoms with van der Waals surface area (Å²) < 4.78 is 70.9. The topological polar surface area (TPSA) is 620 Å². The average molecular weight is 1740 g/mol. The van der Waals surface area contributed by atoms with Crippen molar-refractivity contribution in [3.63, 3.8) is 0 Å². The largest absolute Gasteiger partial charge is 0.477 e. The second-order valence-electron chi connectivity index (χ2n) is 32.8. The van der Waals surface area contributed by atoms with Crippen LogP contribution < -0.4 is 16.0 Å². The third-order valence-corrected chi connectivity index (χ3v) is 23.2. The highest BCUT2D eigenvalue weighted by Gasteiger charge is 2.62. The molecule has 120 heavy (non-hydrogen) atoms. The highest BCUT2D eigenvalue weighted by Crippen LogP contribution is 2.40. The monoisotopic (exact) mass is 1740 g/mol. The number of hydrogen-bond acceptors (Lipinski definition) is 35. The Morgan fingerprint density at radius 3 is 1.35 bits per heavy atom. The predicted octanol–water partition coefficient (Wildman–Crippen LogP) is -2.44. The van der Waals surface area contributed by atoms with E-state index in [2.05, 4.69) is 29.8 Å². The van der Waals surface area contributed by atoms with E-state index in [1.165, 1.54) is 116 Å². The van der Waals surface area contributed by atoms with E-state index in [0.29, 0.717) is 12.8 Å². The number of unbranched alkanes of at least 4 members (excludes halogenated alkanes) is 27. The normalized spacial score (nSPS) is 36.0. The number of aliphatic hydroxyl groups excluding tert-OH is 19. The standard InChI is InChI=1S/C81H145N3O36/c1-5-7-9-11-13-15-17-19-20-21-22-24-26-28-30-32-34-36-56(95)84-47(48(92)35-33-31-29-27-25-23-18-16-14-12-10-8-6-2)43-109-76-67(104)65(102)71(54(42-89)114-76)117-78-68(105)73(118-77-66(103)64(101)60(97)51(39-86)111-77)62(99)55(115-78)44-110-75-58(83-46(4)91)63(100)70(53(41-88)113-75)116-79-69(106)74(61(98)52(40-87)112-79)120-81(80(107)108)37-49(93)57(82-45(3)90)72(119-81)59(96)50(94)38-85/h33,35,47-55,57-79,85-89,92-94,96-106H,5-32,34,36-44H2,1-4H3,(H,82,90)(H,83,91)(H,84,95)(H,107,108)/b35-33+/t47-,48+,49?,50+,51?,52?,53?,54?,55?,57+,58?,59+,60-,61-,62-,63+,64-,65+,66?,67?,68?,69?,70+,71+,72?,73-,74-,75+,76+,77+,78-,79-,81-/m0/s1. The van der Waals surface area contributed by atoms with Gasteiger partial charge in [0.15, 0.2) is 31.5 Å². The Hall–Kier alpha value is -3.62. The SMILES string of the molecule is CCCCCCCCCCCCC/C=C/[C@@H](O)[C@H](CO[C@@H]1OC(CO)[C@@H](O[C@@H]2OC(CO[C@@H]3OC(CO)[C@@H](O[C@@H]4OC(CO)[C@H](O)[C@H](O[C@]5(C(=O)O)CC(O)[C@@H](NC(C)=O)C([C@H](O)[C@H](O)CO)O5)C4O)[C@H](O)C3NC(C)=O)[C@H](O)[C@H](O[C@H]3OC(CO)[C@H](O)[C@H](O)C3O)C2O)[C@H](O)C1O)NC(=O)CCCCCCCCCCCCCCCCCCC. The summed E-state index contributed by atoms with van der Waals surface area (Å²) >= 11 is 0. The molecule has 0 aromatic carbocycles. The molecular formula is C81H145N3O36. The summed E-state index contributed by atoms with van der Waals surface area (Å²) in [5.74, 6) is -7.42. The van der Waals surface area contributed by atoms with E-state index in [9.17, 15) is 121 Å². The molecule has 39 nitrogen and oxygen atoms in total. The summed E-state index contributed by atoms with van der Waals surface area (Å²) in [7, 11) is 0. The molecule has 6 aliphatic heterocycles. The second-order valence-corrected chi connectivity index (χ2v) is 32.8. The summed E-state index contributed by atoms with van der Waals surface area (Å²) in [6, 6.07) is -4.66. The van der Waals surface area contributed by atoms with Crippen LogP contribution in [0.4, 0.5) is 0 Å². The van der Waals surface area contributed by atoms with Gasteiger partial charge in [-0.15, -0.1) is 0 Å². The molecule has 6 aliphatic rings. The van der Waals surface area contributed by atoms with Crippen LogP contribution in [0.2, 0.25) is 0 Å². The van der Waals surface area contributed by atoms with Gasteiger partial charge in [0.05, 0.1) is 70.5 Å². The molecule has 0 aromatic heterocycles. The zero-order valence-corrected chi connectivity index (χ0v) is 70.0. The van der Waals surface area contributed by atoms with Gasteiger partial charge in [-0.05, 0) is 19.3 Å². The van der Waals surface area contributed by atoms with Gasteiger partial charge in [-0.1, -0.05) is 193 Å². The van der Waals surface area contributed by atoms with Crippen molar-refractivity contribution in [1.29, 1.82) is 0 Å². The first-order valence-electron chi connectivity index (χ1n) is 43.6. The molecule has 0 radical (unpaired) electrons. The van der Waals surface area contributed by atoms with Crippen LogP contribution in [0, 0.1) is 0 Å². The lowest BCUT2D eigenvalue weighted by molar-refractivity contribution is -0.388. The minimum absolute atomic E-state index is 0.141. The molecule has 39 heteroatoms. The Morgan fingerprint density at radius 1 is 0.442 bits per heavy atom. The van der Waals surface area contributed by atoms with Crippen LogP contribution in [-0.4, -0.2) is 374 Å². The van der Waals surface area contributed by atoms with Gasteiger partial charge in [-0.2, -0.15) is 0 Å². The molecule has 33 atom stereocenters. The van der Waals surface area contributed by atoms with Gasteiger partial charge in [-0.25, -0.2) is 4.79 Å². The molecule has 6 rings (SSSR count). The van der Waals surface area contributed by atoms with E-state index in [0.717, 1.165) is 71.6 Å². The number of ether oxygens (including phenoxy) is 12. The van der Waals surface area contributed by atoms with Crippen molar-refractivity contribution in [2.45, 2.75) is 429 Å². The lowest BCUT2D eigenvalue weighted by Crippen LogP contribution is -2.71. The number of nitrogens with one attached hydrogen (secondary N) is 3. The fourth-order valence-corrected chi connectivity index (χ4v) is 16.1. The number of aliphatic carboxylic acids is 1. The minimum Gasteiger partial charge on any atom is -0.477 e. The molecule has 0 aromatic rings. The first-order chi connectivity index (χ1) is 57.5. The van der Waals surface area contributed by atoms with Crippen molar-refractivity contribution in [3.05, 3.63) is 12.2 Å². The molecular weight excluding hydrogens is 1590 g/mol. The molecule has 0 aliphatic carbocycles. The van der Waals surface area contributed by atoms with E-state index in [1.807, 2.05) is 6.08 Å². The Labute approximate surface area is 702 Å². The van der Waals surface area contributed by atoms with Crippen molar-refractivity contribution >= 4 is 23.7 Å². The lowest BCUT2D eigenvalue weighted by atomic mass is 9.88. The van der Waals surface area contributed by atoms with Crippen LogP contribution >= 0.6 is 0 Å². The van der Waals surface area contributed by atoms with Crippen molar-refractivity contribution in [2.24, 2.45) is 0 Å². The smallest absolute Gasteiger partial charge is 0.364 e. The quantitative estimate of drug-likeness (QED) is 0.0222. The highest BCUT2D eigenvalue weighted by molar-refractivity contribution is 5.77. The Kier molecular flexibility index (Phi) is 48.4. The van der Waals surface area contributed by atoms with Gasteiger partial charge >= 0.3 is 5.97 Å². The van der Waals surface area contributed by atoms with Crippen LogP contribution in [-0.2, 0) is 76.0 Å². The van der Waals surface area contributed by atoms with Gasteiger partial charge in [0.25, 0.3) is 5.79 Å². The van der Waals surface area contributed by atoms with Crippen molar-refractivity contribution in [1.82, 2.24) is 16.0 Å². The third kappa shape index (κ3) is 31.7. The molecule has 6 fully saturated rings. The Morgan fingerprint density at radius 2 is 0.858 bits per heavy atom.